The minimum atomic E-state index is -0.491. The third kappa shape index (κ3) is 2.42. The van der Waals surface area contributed by atoms with Crippen molar-refractivity contribution >= 4 is 17.3 Å². The van der Waals surface area contributed by atoms with Crippen LogP contribution in [0.3, 0.4) is 0 Å². The molecule has 0 bridgehead atoms. The van der Waals surface area contributed by atoms with Gasteiger partial charge in [0.1, 0.15) is 4.88 Å². The molecular formula is C11H10N2O3S. The minimum Gasteiger partial charge on any atom is -0.462 e. The summed E-state index contributed by atoms with van der Waals surface area (Å²) in [6, 6.07) is 3.51. The Balaban J connectivity index is 2.48. The number of ether oxygens (including phenoxy) is 1. The van der Waals surface area contributed by atoms with Crippen molar-refractivity contribution in [3.8, 4) is 11.3 Å². The van der Waals surface area contributed by atoms with Crippen LogP contribution in [-0.4, -0.2) is 22.5 Å². The Labute approximate surface area is 101 Å². The standard InChI is InChI=1S/C11H10N2O3S/c1-2-16-10(14)9-8(13-11(15)17-9)7-4-3-5-12-6-7/h3-6H,2H2,1H3,(H,13,15). The van der Waals surface area contributed by atoms with Crippen LogP contribution in [0.4, 0.5) is 0 Å². The van der Waals surface area contributed by atoms with Crippen molar-refractivity contribution in [3.63, 3.8) is 0 Å². The molecule has 2 aromatic rings. The number of carbonyl (C=O) groups excluding carboxylic acids is 1. The van der Waals surface area contributed by atoms with E-state index < -0.39 is 5.97 Å². The molecule has 0 fully saturated rings. The summed E-state index contributed by atoms with van der Waals surface area (Å²) >= 11 is 0.844. The first-order valence-electron chi connectivity index (χ1n) is 5.03. The number of carbonyl (C=O) groups is 1. The first kappa shape index (κ1) is 11.5. The lowest BCUT2D eigenvalue weighted by Gasteiger charge is -2.02. The lowest BCUT2D eigenvalue weighted by molar-refractivity contribution is 0.0532. The van der Waals surface area contributed by atoms with E-state index in [1.165, 1.54) is 0 Å². The van der Waals surface area contributed by atoms with Crippen molar-refractivity contribution in [2.24, 2.45) is 0 Å². The van der Waals surface area contributed by atoms with Crippen molar-refractivity contribution in [3.05, 3.63) is 39.1 Å². The number of esters is 1. The molecule has 5 nitrogen and oxygen atoms in total. The van der Waals surface area contributed by atoms with Gasteiger partial charge >= 0.3 is 10.8 Å². The number of aromatic amines is 1. The Morgan fingerprint density at radius 3 is 3.06 bits per heavy atom. The lowest BCUT2D eigenvalue weighted by Crippen LogP contribution is -2.03. The normalized spacial score (nSPS) is 10.2. The molecule has 0 amide bonds. The summed E-state index contributed by atoms with van der Waals surface area (Å²) in [4.78, 5) is 29.6. The van der Waals surface area contributed by atoms with Gasteiger partial charge in [-0.3, -0.25) is 9.78 Å². The predicted octanol–water partition coefficient (Wildman–Crippen LogP) is 1.68. The number of nitrogens with one attached hydrogen (secondary N) is 1. The fraction of sp³-hybridized carbons (Fsp3) is 0.182. The minimum absolute atomic E-state index is 0.275. The Bertz CT molecular complexity index is 574. The van der Waals surface area contributed by atoms with Crippen molar-refractivity contribution < 1.29 is 9.53 Å². The monoisotopic (exact) mass is 250 g/mol. The molecule has 1 N–H and O–H groups in total. The van der Waals surface area contributed by atoms with Crippen LogP contribution in [0, 0.1) is 0 Å². The van der Waals surface area contributed by atoms with E-state index in [0.717, 1.165) is 11.3 Å². The third-order valence-corrected chi connectivity index (χ3v) is 2.92. The van der Waals surface area contributed by atoms with Crippen LogP contribution in [0.25, 0.3) is 11.3 Å². The highest BCUT2D eigenvalue weighted by molar-refractivity contribution is 7.11. The summed E-state index contributed by atoms with van der Waals surface area (Å²) in [5.74, 6) is -0.491. The molecule has 2 rings (SSSR count). The molecular weight excluding hydrogens is 240 g/mol. The van der Waals surface area contributed by atoms with Crippen LogP contribution >= 0.6 is 11.3 Å². The van der Waals surface area contributed by atoms with E-state index in [-0.39, 0.29) is 16.4 Å². The first-order chi connectivity index (χ1) is 8.22. The molecule has 0 saturated heterocycles. The van der Waals surface area contributed by atoms with Gasteiger partial charge in [-0.15, -0.1) is 0 Å². The fourth-order valence-corrected chi connectivity index (χ4v) is 2.13. The fourth-order valence-electron chi connectivity index (χ4n) is 1.38. The highest BCUT2D eigenvalue weighted by Gasteiger charge is 2.18. The summed E-state index contributed by atoms with van der Waals surface area (Å²) in [6.45, 7) is 1.99. The maximum absolute atomic E-state index is 11.7. The zero-order valence-electron chi connectivity index (χ0n) is 9.10. The zero-order valence-corrected chi connectivity index (χ0v) is 9.91. The lowest BCUT2D eigenvalue weighted by atomic mass is 10.2. The molecule has 0 spiro atoms. The van der Waals surface area contributed by atoms with Crippen LogP contribution < -0.4 is 4.87 Å². The topological polar surface area (TPSA) is 72.1 Å². The quantitative estimate of drug-likeness (QED) is 0.841. The van der Waals surface area contributed by atoms with Gasteiger partial charge in [0.05, 0.1) is 12.3 Å². The molecule has 17 heavy (non-hydrogen) atoms. The number of rotatable bonds is 3. The average molecular weight is 250 g/mol. The molecule has 6 heteroatoms. The molecule has 0 aromatic carbocycles. The van der Waals surface area contributed by atoms with Gasteiger partial charge in [-0.25, -0.2) is 4.79 Å². The second kappa shape index (κ2) is 4.92. The average Bonchev–Trinajstić information content (AvgIpc) is 2.73. The van der Waals surface area contributed by atoms with Crippen molar-refractivity contribution in [2.75, 3.05) is 6.61 Å². The van der Waals surface area contributed by atoms with Crippen LogP contribution in [0.1, 0.15) is 16.6 Å². The first-order valence-corrected chi connectivity index (χ1v) is 5.84. The van der Waals surface area contributed by atoms with Gasteiger partial charge in [-0.05, 0) is 19.1 Å². The number of H-pyrrole nitrogens is 1. The molecule has 0 saturated carbocycles. The maximum Gasteiger partial charge on any atom is 0.350 e. The molecule has 0 radical (unpaired) electrons. The molecule has 0 unspecified atom stereocenters. The second-order valence-corrected chi connectivity index (χ2v) is 4.16. The summed E-state index contributed by atoms with van der Waals surface area (Å²) in [6.07, 6.45) is 3.21. The second-order valence-electron chi connectivity index (χ2n) is 3.18. The Morgan fingerprint density at radius 2 is 2.41 bits per heavy atom. The van der Waals surface area contributed by atoms with Crippen molar-refractivity contribution in [2.45, 2.75) is 6.92 Å². The Hall–Kier alpha value is -1.95. The van der Waals surface area contributed by atoms with Crippen LogP contribution in [0.15, 0.2) is 29.3 Å². The molecule has 88 valence electrons. The number of thiazole rings is 1. The van der Waals surface area contributed by atoms with E-state index in [4.69, 9.17) is 4.74 Å². The van der Waals surface area contributed by atoms with E-state index in [1.54, 1.807) is 31.5 Å². The molecule has 0 aliphatic heterocycles. The summed E-state index contributed by atoms with van der Waals surface area (Å²) in [5, 5.41) is 0. The SMILES string of the molecule is CCOC(=O)c1sc(=O)[nH]c1-c1cccnc1. The Kier molecular flexibility index (Phi) is 3.34. The van der Waals surface area contributed by atoms with Gasteiger partial charge in [0, 0.05) is 18.0 Å². The third-order valence-electron chi connectivity index (χ3n) is 2.06. The van der Waals surface area contributed by atoms with Gasteiger partial charge in [0.25, 0.3) is 0 Å². The molecule has 2 aromatic heterocycles. The smallest absolute Gasteiger partial charge is 0.350 e. The van der Waals surface area contributed by atoms with E-state index in [1.807, 2.05) is 0 Å². The van der Waals surface area contributed by atoms with Crippen molar-refractivity contribution in [1.82, 2.24) is 9.97 Å². The van der Waals surface area contributed by atoms with E-state index in [2.05, 4.69) is 9.97 Å². The van der Waals surface area contributed by atoms with Gasteiger partial charge in [0.15, 0.2) is 0 Å². The molecule has 0 aliphatic carbocycles. The summed E-state index contributed by atoms with van der Waals surface area (Å²) in [5.41, 5.74) is 1.15. The number of pyridine rings is 1. The molecule has 2 heterocycles. The number of hydrogen-bond donors (Lipinski definition) is 1. The zero-order chi connectivity index (χ0) is 12.3. The van der Waals surface area contributed by atoms with E-state index in [9.17, 15) is 9.59 Å². The van der Waals surface area contributed by atoms with Crippen LogP contribution in [-0.2, 0) is 4.74 Å². The van der Waals surface area contributed by atoms with Crippen LogP contribution in [0.5, 0.6) is 0 Å². The van der Waals surface area contributed by atoms with Gasteiger partial charge in [-0.1, -0.05) is 11.3 Å². The van der Waals surface area contributed by atoms with Gasteiger partial charge < -0.3 is 9.72 Å². The number of aromatic nitrogens is 2. The summed E-state index contributed by atoms with van der Waals surface area (Å²) in [7, 11) is 0. The predicted molar refractivity (Wildman–Crippen MR) is 64.1 cm³/mol. The molecule has 0 atom stereocenters. The van der Waals surface area contributed by atoms with Crippen LogP contribution in [0.2, 0.25) is 0 Å². The summed E-state index contributed by atoms with van der Waals surface area (Å²) < 4.78 is 4.90. The maximum atomic E-state index is 11.7. The molecule has 0 aliphatic rings. The highest BCUT2D eigenvalue weighted by Crippen LogP contribution is 2.22. The van der Waals surface area contributed by atoms with Gasteiger partial charge in [0.2, 0.25) is 0 Å². The van der Waals surface area contributed by atoms with E-state index in [0.29, 0.717) is 11.3 Å². The largest absolute Gasteiger partial charge is 0.462 e. The van der Waals surface area contributed by atoms with Crippen molar-refractivity contribution in [1.29, 1.82) is 0 Å². The number of hydrogen-bond acceptors (Lipinski definition) is 5. The van der Waals surface area contributed by atoms with E-state index >= 15 is 0 Å². The highest BCUT2D eigenvalue weighted by atomic mass is 32.1. The number of nitrogens with zero attached hydrogens (tertiary/aromatic N) is 1. The Morgan fingerprint density at radius 1 is 1.59 bits per heavy atom. The van der Waals surface area contributed by atoms with Gasteiger partial charge in [-0.2, -0.15) is 0 Å².